The van der Waals surface area contributed by atoms with E-state index in [2.05, 4.69) is 59.8 Å². The van der Waals surface area contributed by atoms with Crippen molar-refractivity contribution in [3.05, 3.63) is 28.2 Å². The Kier molecular flexibility index (Phi) is 3.50. The molecule has 1 aliphatic heterocycles. The van der Waals surface area contributed by atoms with Crippen molar-refractivity contribution < 1.29 is 5.11 Å². The molecule has 17 heavy (non-hydrogen) atoms. The highest BCUT2D eigenvalue weighted by molar-refractivity contribution is 9.10. The lowest BCUT2D eigenvalue weighted by Crippen LogP contribution is -2.38. The van der Waals surface area contributed by atoms with E-state index in [0.29, 0.717) is 5.92 Å². The molecule has 0 amide bonds. The second kappa shape index (κ2) is 4.62. The van der Waals surface area contributed by atoms with Gasteiger partial charge in [0, 0.05) is 34.8 Å². The predicted molar refractivity (Wildman–Crippen MR) is 75.5 cm³/mol. The maximum absolute atomic E-state index is 9.33. The normalized spacial score (nSPS) is 23.1. The van der Waals surface area contributed by atoms with Crippen LogP contribution in [-0.4, -0.2) is 23.8 Å². The average Bonchev–Trinajstić information content (AvgIpc) is 2.58. The molecule has 1 atom stereocenters. The van der Waals surface area contributed by atoms with Crippen LogP contribution in [0.3, 0.4) is 0 Å². The summed E-state index contributed by atoms with van der Waals surface area (Å²) >= 11 is 3.59. The molecule has 94 valence electrons. The molecular weight excluding hydrogens is 278 g/mol. The van der Waals surface area contributed by atoms with E-state index < -0.39 is 0 Å². The van der Waals surface area contributed by atoms with Gasteiger partial charge < -0.3 is 10.0 Å². The summed E-state index contributed by atoms with van der Waals surface area (Å²) in [5, 5.41) is 9.33. The van der Waals surface area contributed by atoms with Gasteiger partial charge in [0.1, 0.15) is 0 Å². The van der Waals surface area contributed by atoms with E-state index in [0.717, 1.165) is 17.4 Å². The molecule has 0 radical (unpaired) electrons. The summed E-state index contributed by atoms with van der Waals surface area (Å²) in [6.07, 6.45) is 1.05. The van der Waals surface area contributed by atoms with Gasteiger partial charge in [-0.05, 0) is 44.9 Å². The van der Waals surface area contributed by atoms with Gasteiger partial charge in [0.2, 0.25) is 0 Å². The van der Waals surface area contributed by atoms with Crippen molar-refractivity contribution in [1.29, 1.82) is 0 Å². The third-order valence-electron chi connectivity index (χ3n) is 3.68. The van der Waals surface area contributed by atoms with E-state index in [9.17, 15) is 5.11 Å². The van der Waals surface area contributed by atoms with E-state index >= 15 is 0 Å². The number of hydrogen-bond donors (Lipinski definition) is 1. The maximum atomic E-state index is 9.33. The highest BCUT2D eigenvalue weighted by atomic mass is 79.9. The van der Waals surface area contributed by atoms with Crippen LogP contribution in [0.25, 0.3) is 0 Å². The van der Waals surface area contributed by atoms with Crippen LogP contribution in [0.2, 0.25) is 0 Å². The average molecular weight is 298 g/mol. The number of anilines is 1. The Morgan fingerprint density at radius 2 is 2.18 bits per heavy atom. The first kappa shape index (κ1) is 12.9. The molecule has 1 fully saturated rings. The minimum Gasteiger partial charge on any atom is -0.396 e. The van der Waals surface area contributed by atoms with E-state index in [4.69, 9.17) is 0 Å². The second-order valence-electron chi connectivity index (χ2n) is 5.61. The summed E-state index contributed by atoms with van der Waals surface area (Å²) in [6.45, 7) is 7.82. The van der Waals surface area contributed by atoms with Crippen molar-refractivity contribution in [3.8, 4) is 0 Å². The van der Waals surface area contributed by atoms with E-state index in [-0.39, 0.29) is 12.1 Å². The zero-order valence-corrected chi connectivity index (χ0v) is 12.3. The minimum atomic E-state index is 0.127. The molecule has 1 aromatic carbocycles. The SMILES string of the molecule is Cc1ccc(N2CC(CO)CC2(C)C)cc1Br. The van der Waals surface area contributed by atoms with E-state index in [1.807, 2.05) is 0 Å². The van der Waals surface area contributed by atoms with Gasteiger partial charge in [-0.25, -0.2) is 0 Å². The Morgan fingerprint density at radius 3 is 2.71 bits per heavy atom. The van der Waals surface area contributed by atoms with Gasteiger partial charge in [-0.3, -0.25) is 0 Å². The molecule has 2 nitrogen and oxygen atoms in total. The standard InChI is InChI=1S/C14H20BrNO/c1-10-4-5-12(6-13(10)15)16-8-11(9-17)7-14(16,2)3/h4-6,11,17H,7-9H2,1-3H3. The molecule has 1 aromatic rings. The first-order valence-corrected chi connectivity index (χ1v) is 6.88. The fourth-order valence-corrected chi connectivity index (χ4v) is 3.08. The van der Waals surface area contributed by atoms with Crippen LogP contribution in [0.1, 0.15) is 25.8 Å². The van der Waals surface area contributed by atoms with E-state index in [1.165, 1.54) is 11.3 Å². The Morgan fingerprint density at radius 1 is 1.47 bits per heavy atom. The number of nitrogens with zero attached hydrogens (tertiary/aromatic N) is 1. The first-order valence-electron chi connectivity index (χ1n) is 6.08. The Balaban J connectivity index is 2.30. The summed E-state index contributed by atoms with van der Waals surface area (Å²) in [6, 6.07) is 6.49. The molecule has 2 rings (SSSR count). The summed E-state index contributed by atoms with van der Waals surface area (Å²) < 4.78 is 1.15. The molecule has 0 aliphatic carbocycles. The quantitative estimate of drug-likeness (QED) is 0.905. The van der Waals surface area contributed by atoms with Crippen molar-refractivity contribution in [2.75, 3.05) is 18.1 Å². The van der Waals surface area contributed by atoms with Gasteiger partial charge in [0.05, 0.1) is 0 Å². The van der Waals surface area contributed by atoms with Gasteiger partial charge in [-0.2, -0.15) is 0 Å². The Bertz CT molecular complexity index is 417. The molecule has 0 saturated carbocycles. The topological polar surface area (TPSA) is 23.5 Å². The largest absolute Gasteiger partial charge is 0.396 e. The van der Waals surface area contributed by atoms with E-state index in [1.54, 1.807) is 0 Å². The summed E-state index contributed by atoms with van der Waals surface area (Å²) in [5.74, 6) is 0.394. The third-order valence-corrected chi connectivity index (χ3v) is 4.54. The highest BCUT2D eigenvalue weighted by Crippen LogP contribution is 2.37. The number of aliphatic hydroxyl groups is 1. The number of rotatable bonds is 2. The number of benzene rings is 1. The molecule has 1 N–H and O–H groups in total. The zero-order valence-electron chi connectivity index (χ0n) is 10.7. The van der Waals surface area contributed by atoms with Gasteiger partial charge in [-0.15, -0.1) is 0 Å². The van der Waals surface area contributed by atoms with Crippen LogP contribution >= 0.6 is 15.9 Å². The van der Waals surface area contributed by atoms with Gasteiger partial charge in [0.25, 0.3) is 0 Å². The molecule has 0 spiro atoms. The molecule has 0 aromatic heterocycles. The number of halogens is 1. The Labute approximate surface area is 112 Å². The monoisotopic (exact) mass is 297 g/mol. The maximum Gasteiger partial charge on any atom is 0.0477 e. The lowest BCUT2D eigenvalue weighted by molar-refractivity contribution is 0.232. The summed E-state index contributed by atoms with van der Waals surface area (Å²) in [5.41, 5.74) is 2.62. The lowest BCUT2D eigenvalue weighted by atomic mass is 9.97. The smallest absolute Gasteiger partial charge is 0.0477 e. The van der Waals surface area contributed by atoms with Gasteiger partial charge >= 0.3 is 0 Å². The van der Waals surface area contributed by atoms with Gasteiger partial charge in [0.15, 0.2) is 0 Å². The minimum absolute atomic E-state index is 0.127. The van der Waals surface area contributed by atoms with Crippen molar-refractivity contribution in [3.63, 3.8) is 0 Å². The van der Waals surface area contributed by atoms with Crippen molar-refractivity contribution in [2.45, 2.75) is 32.7 Å². The molecule has 0 bridgehead atoms. The summed E-state index contributed by atoms with van der Waals surface area (Å²) in [7, 11) is 0. The zero-order chi connectivity index (χ0) is 12.6. The molecule has 1 heterocycles. The van der Waals surface area contributed by atoms with Crippen LogP contribution in [0, 0.1) is 12.8 Å². The second-order valence-corrected chi connectivity index (χ2v) is 6.46. The van der Waals surface area contributed by atoms with Crippen LogP contribution in [0.5, 0.6) is 0 Å². The Hall–Kier alpha value is -0.540. The molecule has 1 unspecified atom stereocenters. The lowest BCUT2D eigenvalue weighted by Gasteiger charge is -2.34. The fourth-order valence-electron chi connectivity index (χ4n) is 2.71. The van der Waals surface area contributed by atoms with Crippen LogP contribution in [0.15, 0.2) is 22.7 Å². The van der Waals surface area contributed by atoms with Crippen molar-refractivity contribution >= 4 is 21.6 Å². The molecule has 1 aliphatic rings. The highest BCUT2D eigenvalue weighted by Gasteiger charge is 2.38. The first-order chi connectivity index (χ1) is 7.94. The van der Waals surface area contributed by atoms with Crippen LogP contribution in [0.4, 0.5) is 5.69 Å². The molecular formula is C14H20BrNO. The summed E-state index contributed by atoms with van der Waals surface area (Å²) in [4.78, 5) is 2.40. The fraction of sp³-hybridized carbons (Fsp3) is 0.571. The molecule has 3 heteroatoms. The number of aliphatic hydroxyl groups excluding tert-OH is 1. The number of hydrogen-bond acceptors (Lipinski definition) is 2. The van der Waals surface area contributed by atoms with Gasteiger partial charge in [-0.1, -0.05) is 22.0 Å². The molecule has 1 saturated heterocycles. The van der Waals surface area contributed by atoms with Crippen molar-refractivity contribution in [2.24, 2.45) is 5.92 Å². The predicted octanol–water partition coefficient (Wildman–Crippen LogP) is 3.35. The number of aryl methyl sites for hydroxylation is 1. The third kappa shape index (κ3) is 2.50. The van der Waals surface area contributed by atoms with Crippen LogP contribution < -0.4 is 4.90 Å². The van der Waals surface area contributed by atoms with Crippen LogP contribution in [-0.2, 0) is 0 Å². The van der Waals surface area contributed by atoms with Crippen molar-refractivity contribution in [1.82, 2.24) is 0 Å².